The fourth-order valence-electron chi connectivity index (χ4n) is 4.15. The van der Waals surface area contributed by atoms with Gasteiger partial charge in [-0.15, -0.1) is 0 Å². The number of nitrogens with one attached hydrogen (secondary N) is 1. The number of amides is 2. The van der Waals surface area contributed by atoms with Gasteiger partial charge in [0.2, 0.25) is 11.8 Å². The van der Waals surface area contributed by atoms with E-state index in [1.165, 1.54) is 0 Å². The number of anilines is 1. The summed E-state index contributed by atoms with van der Waals surface area (Å²) in [6, 6.07) is 3.91. The van der Waals surface area contributed by atoms with Gasteiger partial charge in [-0.1, -0.05) is 6.07 Å². The minimum atomic E-state index is -0.283. The van der Waals surface area contributed by atoms with Gasteiger partial charge in [0.1, 0.15) is 11.6 Å². The van der Waals surface area contributed by atoms with Crippen LogP contribution in [0.4, 0.5) is 5.82 Å². The Morgan fingerprint density at radius 2 is 1.88 bits per heavy atom. The summed E-state index contributed by atoms with van der Waals surface area (Å²) in [6.45, 7) is 1.86. The van der Waals surface area contributed by atoms with Crippen molar-refractivity contribution in [2.45, 2.75) is 44.4 Å². The van der Waals surface area contributed by atoms with E-state index in [4.69, 9.17) is 0 Å². The Kier molecular flexibility index (Phi) is 3.62. The SMILES string of the molecule is O=C1CC2(CCN(c3ccc([C@H]4CCC(=O)NC4=O)cn3)CC2)C1. The highest BCUT2D eigenvalue weighted by Gasteiger charge is 2.45. The number of carbonyl (C=O) groups excluding carboxylic acids is 3. The second kappa shape index (κ2) is 5.69. The molecule has 1 saturated carbocycles. The Balaban J connectivity index is 1.40. The second-order valence-corrected chi connectivity index (χ2v) is 7.33. The van der Waals surface area contributed by atoms with E-state index < -0.39 is 0 Å². The maximum Gasteiger partial charge on any atom is 0.234 e. The first-order valence-corrected chi connectivity index (χ1v) is 8.61. The quantitative estimate of drug-likeness (QED) is 0.834. The predicted octanol–water partition coefficient (Wildman–Crippen LogP) is 1.55. The Morgan fingerprint density at radius 3 is 2.46 bits per heavy atom. The van der Waals surface area contributed by atoms with Gasteiger partial charge in [-0.3, -0.25) is 19.7 Å². The molecule has 0 bridgehead atoms. The third kappa shape index (κ3) is 2.70. The average Bonchev–Trinajstić information content (AvgIpc) is 2.55. The van der Waals surface area contributed by atoms with Crippen LogP contribution in [0.3, 0.4) is 0 Å². The largest absolute Gasteiger partial charge is 0.357 e. The summed E-state index contributed by atoms with van der Waals surface area (Å²) in [7, 11) is 0. The Bertz CT molecular complexity index is 680. The summed E-state index contributed by atoms with van der Waals surface area (Å²) in [5.74, 6) is 0.615. The number of imide groups is 1. The third-order valence-corrected chi connectivity index (χ3v) is 5.70. The number of ketones is 1. The summed E-state index contributed by atoms with van der Waals surface area (Å²) in [5, 5.41) is 2.39. The number of rotatable bonds is 2. The first-order valence-electron chi connectivity index (χ1n) is 8.61. The van der Waals surface area contributed by atoms with Gasteiger partial charge in [0.05, 0.1) is 5.92 Å². The molecule has 3 heterocycles. The minimum absolute atomic E-state index is 0.197. The molecule has 24 heavy (non-hydrogen) atoms. The van der Waals surface area contributed by atoms with E-state index in [1.54, 1.807) is 6.20 Å². The van der Waals surface area contributed by atoms with Gasteiger partial charge in [-0.05, 0) is 36.3 Å². The van der Waals surface area contributed by atoms with Crippen molar-refractivity contribution in [3.05, 3.63) is 23.9 Å². The van der Waals surface area contributed by atoms with Crippen molar-refractivity contribution in [2.24, 2.45) is 5.41 Å². The number of hydrogen-bond donors (Lipinski definition) is 1. The fraction of sp³-hybridized carbons (Fsp3) is 0.556. The molecule has 0 aromatic carbocycles. The van der Waals surface area contributed by atoms with E-state index in [0.717, 1.165) is 50.2 Å². The molecule has 2 amide bonds. The summed E-state index contributed by atoms with van der Waals surface area (Å²) < 4.78 is 0. The molecule has 1 aromatic rings. The van der Waals surface area contributed by atoms with Crippen molar-refractivity contribution in [1.29, 1.82) is 0 Å². The number of carbonyl (C=O) groups is 3. The van der Waals surface area contributed by atoms with Crippen LogP contribution in [0.25, 0.3) is 0 Å². The van der Waals surface area contributed by atoms with Gasteiger partial charge in [-0.2, -0.15) is 0 Å². The molecule has 1 N–H and O–H groups in total. The Hall–Kier alpha value is -2.24. The number of Topliss-reactive ketones (excluding diaryl/α,β-unsaturated/α-hetero) is 1. The summed E-state index contributed by atoms with van der Waals surface area (Å²) in [6.07, 6.45) is 6.29. The van der Waals surface area contributed by atoms with Crippen LogP contribution in [0.5, 0.6) is 0 Å². The zero-order chi connectivity index (χ0) is 16.7. The zero-order valence-corrected chi connectivity index (χ0v) is 13.6. The normalized spacial score (nSPS) is 26.2. The van der Waals surface area contributed by atoms with E-state index in [-0.39, 0.29) is 23.1 Å². The molecule has 3 aliphatic rings. The van der Waals surface area contributed by atoms with Crippen LogP contribution < -0.4 is 10.2 Å². The van der Waals surface area contributed by atoms with Crippen molar-refractivity contribution in [3.8, 4) is 0 Å². The minimum Gasteiger partial charge on any atom is -0.357 e. The zero-order valence-electron chi connectivity index (χ0n) is 13.6. The number of nitrogens with zero attached hydrogens (tertiary/aromatic N) is 2. The van der Waals surface area contributed by atoms with Gasteiger partial charge in [0.25, 0.3) is 0 Å². The Morgan fingerprint density at radius 1 is 1.12 bits per heavy atom. The topological polar surface area (TPSA) is 79.4 Å². The summed E-state index contributed by atoms with van der Waals surface area (Å²) >= 11 is 0. The Labute approximate surface area is 140 Å². The molecule has 1 aliphatic carbocycles. The van der Waals surface area contributed by atoms with Crippen LogP contribution in [-0.4, -0.2) is 35.7 Å². The van der Waals surface area contributed by atoms with Crippen LogP contribution in [0, 0.1) is 5.41 Å². The predicted molar refractivity (Wildman–Crippen MR) is 87.5 cm³/mol. The third-order valence-electron chi connectivity index (χ3n) is 5.70. The molecule has 126 valence electrons. The van der Waals surface area contributed by atoms with Crippen molar-refractivity contribution >= 4 is 23.4 Å². The van der Waals surface area contributed by atoms with Crippen molar-refractivity contribution in [2.75, 3.05) is 18.0 Å². The van der Waals surface area contributed by atoms with Gasteiger partial charge in [0, 0.05) is 38.5 Å². The van der Waals surface area contributed by atoms with Crippen LogP contribution in [0.1, 0.15) is 50.0 Å². The van der Waals surface area contributed by atoms with E-state index in [1.807, 2.05) is 12.1 Å². The van der Waals surface area contributed by atoms with Crippen molar-refractivity contribution in [1.82, 2.24) is 10.3 Å². The highest BCUT2D eigenvalue weighted by Crippen LogP contribution is 2.47. The molecule has 6 heteroatoms. The maximum absolute atomic E-state index is 11.9. The molecule has 2 saturated heterocycles. The van der Waals surface area contributed by atoms with E-state index in [0.29, 0.717) is 18.6 Å². The van der Waals surface area contributed by atoms with Gasteiger partial charge >= 0.3 is 0 Å². The molecular weight excluding hydrogens is 306 g/mol. The number of aromatic nitrogens is 1. The number of pyridine rings is 1. The van der Waals surface area contributed by atoms with Crippen LogP contribution in [0.15, 0.2) is 18.3 Å². The number of hydrogen-bond acceptors (Lipinski definition) is 5. The summed E-state index contributed by atoms with van der Waals surface area (Å²) in [4.78, 5) is 41.2. The van der Waals surface area contributed by atoms with Gasteiger partial charge in [0.15, 0.2) is 0 Å². The lowest BCUT2D eigenvalue weighted by Gasteiger charge is -2.47. The van der Waals surface area contributed by atoms with E-state index >= 15 is 0 Å². The molecule has 2 aliphatic heterocycles. The monoisotopic (exact) mass is 327 g/mol. The van der Waals surface area contributed by atoms with Gasteiger partial charge < -0.3 is 4.90 Å². The molecular formula is C18H21N3O3. The first-order chi connectivity index (χ1) is 11.5. The summed E-state index contributed by atoms with van der Waals surface area (Å²) in [5.41, 5.74) is 1.13. The highest BCUT2D eigenvalue weighted by atomic mass is 16.2. The molecule has 0 radical (unpaired) electrons. The second-order valence-electron chi connectivity index (χ2n) is 7.33. The molecule has 1 atom stereocenters. The molecule has 3 fully saturated rings. The lowest BCUT2D eigenvalue weighted by atomic mass is 9.62. The van der Waals surface area contributed by atoms with Crippen LogP contribution in [0.2, 0.25) is 0 Å². The standard InChI is InChI=1S/C18H21N3O3/c22-13-9-18(10-13)5-7-21(8-6-18)15-3-1-12(11-19-15)14-2-4-16(23)20-17(14)24/h1,3,11,14H,2,4-10H2,(H,20,23,24)/t14-/m1/s1. The lowest BCUT2D eigenvalue weighted by Crippen LogP contribution is -2.47. The highest BCUT2D eigenvalue weighted by molar-refractivity contribution is 6.00. The van der Waals surface area contributed by atoms with Crippen molar-refractivity contribution in [3.63, 3.8) is 0 Å². The molecule has 1 aromatic heterocycles. The molecule has 6 nitrogen and oxygen atoms in total. The average molecular weight is 327 g/mol. The smallest absolute Gasteiger partial charge is 0.234 e. The van der Waals surface area contributed by atoms with Crippen LogP contribution >= 0.6 is 0 Å². The van der Waals surface area contributed by atoms with E-state index in [9.17, 15) is 14.4 Å². The van der Waals surface area contributed by atoms with Crippen molar-refractivity contribution < 1.29 is 14.4 Å². The maximum atomic E-state index is 11.9. The first kappa shape index (κ1) is 15.3. The molecule has 1 spiro atoms. The lowest BCUT2D eigenvalue weighted by molar-refractivity contribution is -0.135. The fourth-order valence-corrected chi connectivity index (χ4v) is 4.15. The number of piperidine rings is 2. The van der Waals surface area contributed by atoms with Gasteiger partial charge in [-0.25, -0.2) is 4.98 Å². The molecule has 0 unspecified atom stereocenters. The van der Waals surface area contributed by atoms with E-state index in [2.05, 4.69) is 15.2 Å². The molecule has 4 rings (SSSR count). The van der Waals surface area contributed by atoms with Crippen LogP contribution in [-0.2, 0) is 14.4 Å².